The number of ether oxygens (including phenoxy) is 1. The maximum absolute atomic E-state index is 12.0. The second-order valence-corrected chi connectivity index (χ2v) is 8.21. The van der Waals surface area contributed by atoms with E-state index in [1.165, 1.54) is 16.7 Å². The predicted octanol–water partition coefficient (Wildman–Crippen LogP) is 3.09. The van der Waals surface area contributed by atoms with Crippen molar-refractivity contribution in [1.29, 1.82) is 0 Å². The van der Waals surface area contributed by atoms with Crippen LogP contribution >= 0.6 is 0 Å². The Balaban J connectivity index is 1.56. The molecule has 2 aliphatic heterocycles. The number of hydrogen-bond acceptors (Lipinski definition) is 3. The van der Waals surface area contributed by atoms with E-state index in [0.717, 1.165) is 51.9 Å². The number of piperidine rings is 1. The number of aryl methyl sites for hydroxylation is 2. The van der Waals surface area contributed by atoms with Gasteiger partial charge in [-0.3, -0.25) is 4.90 Å². The Morgan fingerprint density at radius 1 is 1.27 bits per heavy atom. The van der Waals surface area contributed by atoms with Crippen molar-refractivity contribution in [2.24, 2.45) is 0 Å². The van der Waals surface area contributed by atoms with E-state index in [1.807, 2.05) is 0 Å². The van der Waals surface area contributed by atoms with Gasteiger partial charge in [0.2, 0.25) is 0 Å². The van der Waals surface area contributed by atoms with Gasteiger partial charge in [0, 0.05) is 46.4 Å². The smallest absolute Gasteiger partial charge is 0.317 e. The lowest BCUT2D eigenvalue weighted by atomic mass is 9.82. The van der Waals surface area contributed by atoms with E-state index in [2.05, 4.69) is 42.3 Å². The van der Waals surface area contributed by atoms with Crippen LogP contribution in [0.25, 0.3) is 0 Å². The number of urea groups is 1. The van der Waals surface area contributed by atoms with Gasteiger partial charge < -0.3 is 15.0 Å². The van der Waals surface area contributed by atoms with Gasteiger partial charge in [0.25, 0.3) is 0 Å². The molecule has 0 saturated carbocycles. The Labute approximate surface area is 157 Å². The van der Waals surface area contributed by atoms with Gasteiger partial charge in [-0.05, 0) is 56.2 Å². The van der Waals surface area contributed by atoms with E-state index in [1.54, 1.807) is 19.0 Å². The lowest BCUT2D eigenvalue weighted by molar-refractivity contribution is -0.119. The minimum atomic E-state index is -0.0558. The van der Waals surface area contributed by atoms with Gasteiger partial charge in [-0.2, -0.15) is 0 Å². The highest BCUT2D eigenvalue weighted by atomic mass is 16.5. The molecule has 26 heavy (non-hydrogen) atoms. The highest BCUT2D eigenvalue weighted by Gasteiger charge is 2.40. The SMILES string of the molecule is Cc1cccc(C)c1CN1CCC2(CC1)C[C@H](NC(=O)N(C)C)CCO2. The van der Waals surface area contributed by atoms with Crippen molar-refractivity contribution in [3.05, 3.63) is 34.9 Å². The van der Waals surface area contributed by atoms with E-state index in [4.69, 9.17) is 4.74 Å². The molecule has 2 aliphatic rings. The molecule has 2 fully saturated rings. The molecule has 5 heteroatoms. The minimum absolute atomic E-state index is 0.000450. The van der Waals surface area contributed by atoms with Gasteiger partial charge in [0.15, 0.2) is 0 Å². The first-order valence-electron chi connectivity index (χ1n) is 9.78. The number of rotatable bonds is 3. The van der Waals surface area contributed by atoms with Crippen molar-refractivity contribution in [3.8, 4) is 0 Å². The highest BCUT2D eigenvalue weighted by Crippen LogP contribution is 2.35. The number of likely N-dealkylation sites (tertiary alicyclic amines) is 1. The topological polar surface area (TPSA) is 44.8 Å². The standard InChI is InChI=1S/C21H33N3O2/c1-16-6-5-7-17(2)19(16)15-24-11-9-21(10-12-24)14-18(8-13-26-21)22-20(25)23(3)4/h5-7,18H,8-15H2,1-4H3,(H,22,25)/t18-/m1/s1. The largest absolute Gasteiger partial charge is 0.375 e. The number of nitrogens with one attached hydrogen (secondary N) is 1. The van der Waals surface area contributed by atoms with Crippen LogP contribution in [0.1, 0.15) is 42.4 Å². The molecule has 2 amide bonds. The molecule has 3 rings (SSSR count). The monoisotopic (exact) mass is 359 g/mol. The van der Waals surface area contributed by atoms with Crippen LogP contribution < -0.4 is 5.32 Å². The van der Waals surface area contributed by atoms with E-state index < -0.39 is 0 Å². The normalized spacial score (nSPS) is 23.0. The summed E-state index contributed by atoms with van der Waals surface area (Å²) < 4.78 is 6.23. The molecule has 144 valence electrons. The molecular formula is C21H33N3O2. The first-order valence-corrected chi connectivity index (χ1v) is 9.78. The number of hydrogen-bond donors (Lipinski definition) is 1. The molecular weight excluding hydrogens is 326 g/mol. The molecule has 1 aromatic carbocycles. The fourth-order valence-corrected chi connectivity index (χ4v) is 4.24. The van der Waals surface area contributed by atoms with Crippen LogP contribution in [0.5, 0.6) is 0 Å². The Hall–Kier alpha value is -1.59. The lowest BCUT2D eigenvalue weighted by Crippen LogP contribution is -2.54. The van der Waals surface area contributed by atoms with Gasteiger partial charge >= 0.3 is 6.03 Å². The molecule has 2 saturated heterocycles. The van der Waals surface area contributed by atoms with Crippen LogP contribution in [0.15, 0.2) is 18.2 Å². The molecule has 0 unspecified atom stereocenters. The number of nitrogens with zero attached hydrogens (tertiary/aromatic N) is 2. The summed E-state index contributed by atoms with van der Waals surface area (Å²) in [6.07, 6.45) is 3.94. The van der Waals surface area contributed by atoms with E-state index in [-0.39, 0.29) is 17.7 Å². The zero-order valence-electron chi connectivity index (χ0n) is 16.7. The molecule has 0 bridgehead atoms. The second-order valence-electron chi connectivity index (χ2n) is 8.21. The van der Waals surface area contributed by atoms with Crippen molar-refractivity contribution in [2.75, 3.05) is 33.8 Å². The van der Waals surface area contributed by atoms with Gasteiger partial charge in [-0.1, -0.05) is 18.2 Å². The van der Waals surface area contributed by atoms with Crippen LogP contribution in [-0.2, 0) is 11.3 Å². The summed E-state index contributed by atoms with van der Waals surface area (Å²) in [7, 11) is 3.58. The zero-order chi connectivity index (χ0) is 18.7. The molecule has 0 aliphatic carbocycles. The maximum Gasteiger partial charge on any atom is 0.317 e. The van der Waals surface area contributed by atoms with Crippen LogP contribution in [0.2, 0.25) is 0 Å². The number of carbonyl (C=O) groups is 1. The quantitative estimate of drug-likeness (QED) is 0.902. The Bertz CT molecular complexity index is 616. The molecule has 0 aromatic heterocycles. The third-order valence-corrected chi connectivity index (χ3v) is 6.02. The van der Waals surface area contributed by atoms with E-state index in [9.17, 15) is 4.79 Å². The molecule has 1 atom stereocenters. The molecule has 1 spiro atoms. The predicted molar refractivity (Wildman–Crippen MR) is 104 cm³/mol. The third kappa shape index (κ3) is 4.38. The summed E-state index contributed by atoms with van der Waals surface area (Å²) >= 11 is 0. The summed E-state index contributed by atoms with van der Waals surface area (Å²) in [5, 5.41) is 3.15. The first-order chi connectivity index (χ1) is 12.4. The fourth-order valence-electron chi connectivity index (χ4n) is 4.24. The summed E-state index contributed by atoms with van der Waals surface area (Å²) in [6.45, 7) is 8.29. The number of benzene rings is 1. The van der Waals surface area contributed by atoms with Crippen molar-refractivity contribution >= 4 is 6.03 Å². The lowest BCUT2D eigenvalue weighted by Gasteiger charge is -2.46. The Morgan fingerprint density at radius 2 is 1.92 bits per heavy atom. The van der Waals surface area contributed by atoms with Crippen molar-refractivity contribution in [1.82, 2.24) is 15.1 Å². The molecule has 1 N–H and O–H groups in total. The first kappa shape index (κ1) is 19.2. The van der Waals surface area contributed by atoms with Gasteiger partial charge in [-0.25, -0.2) is 4.79 Å². The minimum Gasteiger partial charge on any atom is -0.375 e. The summed E-state index contributed by atoms with van der Waals surface area (Å²) in [4.78, 5) is 16.1. The van der Waals surface area contributed by atoms with Gasteiger partial charge in [0.05, 0.1) is 5.60 Å². The third-order valence-electron chi connectivity index (χ3n) is 6.02. The van der Waals surface area contributed by atoms with Crippen LogP contribution in [0.4, 0.5) is 4.79 Å². The van der Waals surface area contributed by atoms with Gasteiger partial charge in [0.1, 0.15) is 0 Å². The zero-order valence-corrected chi connectivity index (χ0v) is 16.7. The number of carbonyl (C=O) groups excluding carboxylic acids is 1. The average molecular weight is 360 g/mol. The molecule has 0 radical (unpaired) electrons. The maximum atomic E-state index is 12.0. The number of amides is 2. The van der Waals surface area contributed by atoms with Crippen LogP contribution in [0.3, 0.4) is 0 Å². The van der Waals surface area contributed by atoms with Crippen LogP contribution in [-0.4, -0.2) is 61.3 Å². The summed E-state index contributed by atoms with van der Waals surface area (Å²) in [5.74, 6) is 0. The second kappa shape index (κ2) is 7.97. The van der Waals surface area contributed by atoms with Crippen molar-refractivity contribution in [2.45, 2.75) is 57.7 Å². The van der Waals surface area contributed by atoms with Crippen LogP contribution in [0, 0.1) is 13.8 Å². The summed E-state index contributed by atoms with van der Waals surface area (Å²) in [5.41, 5.74) is 4.17. The Morgan fingerprint density at radius 3 is 2.54 bits per heavy atom. The Kier molecular flexibility index (Phi) is 5.88. The highest BCUT2D eigenvalue weighted by molar-refractivity contribution is 5.73. The fraction of sp³-hybridized carbons (Fsp3) is 0.667. The van der Waals surface area contributed by atoms with E-state index in [0.29, 0.717) is 0 Å². The molecule has 1 aromatic rings. The molecule has 5 nitrogen and oxygen atoms in total. The average Bonchev–Trinajstić information content (AvgIpc) is 2.60. The van der Waals surface area contributed by atoms with E-state index >= 15 is 0 Å². The molecule has 2 heterocycles. The summed E-state index contributed by atoms with van der Waals surface area (Å²) in [6, 6.07) is 6.77. The van der Waals surface area contributed by atoms with Crippen molar-refractivity contribution in [3.63, 3.8) is 0 Å². The van der Waals surface area contributed by atoms with Crippen molar-refractivity contribution < 1.29 is 9.53 Å². The van der Waals surface area contributed by atoms with Gasteiger partial charge in [-0.15, -0.1) is 0 Å².